The van der Waals surface area contributed by atoms with Gasteiger partial charge in [-0.3, -0.25) is 5.32 Å². The van der Waals surface area contributed by atoms with Crippen LogP contribution in [-0.4, -0.2) is 17.9 Å². The first-order chi connectivity index (χ1) is 20.1. The fraction of sp³-hybridized carbons (Fsp3) is 0.200. The van der Waals surface area contributed by atoms with E-state index in [0.717, 1.165) is 30.3 Å². The Morgan fingerprint density at radius 3 is 1.91 bits per heavy atom. The van der Waals surface area contributed by atoms with Gasteiger partial charge in [-0.2, -0.15) is 35.1 Å². The average Bonchev–Trinajstić information content (AvgIpc) is 2.95. The largest absolute Gasteiger partial charge is 0.458 e. The van der Waals surface area contributed by atoms with E-state index in [-0.39, 0.29) is 32.7 Å². The van der Waals surface area contributed by atoms with Gasteiger partial charge in [-0.1, -0.05) is 71.7 Å². The number of ether oxygens (including phenoxy) is 1. The molecule has 0 spiro atoms. The molecule has 0 saturated heterocycles. The van der Waals surface area contributed by atoms with E-state index in [1.54, 1.807) is 6.07 Å². The van der Waals surface area contributed by atoms with Crippen molar-refractivity contribution in [2.75, 3.05) is 6.61 Å². The summed E-state index contributed by atoms with van der Waals surface area (Å²) in [6, 6.07) is 16.0. The van der Waals surface area contributed by atoms with Gasteiger partial charge in [0.2, 0.25) is 0 Å². The summed E-state index contributed by atoms with van der Waals surface area (Å²) in [6.45, 7) is -0.658. The summed E-state index contributed by atoms with van der Waals surface area (Å²) >= 11 is 12.2. The Bertz CT molecular complexity index is 1560. The monoisotopic (exact) mass is 649 g/mol. The van der Waals surface area contributed by atoms with Gasteiger partial charge in [0.15, 0.2) is 0 Å². The Kier molecular flexibility index (Phi) is 9.60. The molecule has 4 aromatic rings. The number of rotatable bonds is 9. The third-order valence-corrected chi connectivity index (χ3v) is 7.27. The van der Waals surface area contributed by atoms with Gasteiger partial charge in [-0.05, 0) is 59.2 Å². The van der Waals surface area contributed by atoms with Gasteiger partial charge >= 0.3 is 18.3 Å². The van der Waals surface area contributed by atoms with Crippen LogP contribution in [0.5, 0.6) is 11.5 Å². The van der Waals surface area contributed by atoms with E-state index in [1.165, 1.54) is 42.5 Å². The van der Waals surface area contributed by atoms with Gasteiger partial charge in [0.25, 0.3) is 0 Å². The average molecular weight is 650 g/mol. The smallest absolute Gasteiger partial charge is 0.456 e. The third kappa shape index (κ3) is 7.41. The quantitative estimate of drug-likeness (QED) is 0.177. The van der Waals surface area contributed by atoms with Crippen molar-refractivity contribution in [1.29, 1.82) is 0 Å². The third-order valence-electron chi connectivity index (χ3n) is 6.46. The molecule has 4 rings (SSSR count). The van der Waals surface area contributed by atoms with Crippen molar-refractivity contribution in [2.24, 2.45) is 0 Å². The molecule has 0 aromatic heterocycles. The van der Waals surface area contributed by atoms with Gasteiger partial charge in [0.05, 0.1) is 29.3 Å². The lowest BCUT2D eigenvalue weighted by molar-refractivity contribution is -0.289. The Balaban J connectivity index is 1.78. The molecule has 43 heavy (non-hydrogen) atoms. The lowest BCUT2D eigenvalue weighted by Crippen LogP contribution is -2.34. The highest BCUT2D eigenvalue weighted by atomic mass is 35.5. The molecule has 0 radical (unpaired) electrons. The molecule has 2 unspecified atom stereocenters. The van der Waals surface area contributed by atoms with Crippen molar-refractivity contribution < 1.29 is 45.0 Å². The molecular formula is C30H21Cl2F8NO2. The molecule has 2 atom stereocenters. The Labute approximate surface area is 250 Å². The van der Waals surface area contributed by atoms with Crippen molar-refractivity contribution in [3.8, 4) is 11.5 Å². The second-order valence-corrected chi connectivity index (χ2v) is 10.2. The highest BCUT2D eigenvalue weighted by Crippen LogP contribution is 2.45. The van der Waals surface area contributed by atoms with Crippen LogP contribution in [-0.2, 0) is 12.1 Å². The first kappa shape index (κ1) is 32.5. The number of aliphatic hydroxyl groups is 1. The maximum absolute atomic E-state index is 14.3. The van der Waals surface area contributed by atoms with Crippen LogP contribution < -0.4 is 10.1 Å². The molecular weight excluding hydrogens is 629 g/mol. The molecule has 0 amide bonds. The van der Waals surface area contributed by atoms with Crippen LogP contribution in [0.3, 0.4) is 0 Å². The number of halogens is 10. The maximum Gasteiger partial charge on any atom is 0.458 e. The SMILES string of the molecule is OCC(NC(c1cccc(Oc2cccc(Cl)c2Cl)c1)c1cccc(C(F)(F)C(F)(F)F)c1)c1ccc(C(F)(F)F)cc1. The Morgan fingerprint density at radius 2 is 1.30 bits per heavy atom. The number of hydrogen-bond acceptors (Lipinski definition) is 3. The zero-order valence-corrected chi connectivity index (χ0v) is 23.2. The highest BCUT2D eigenvalue weighted by molar-refractivity contribution is 6.42. The first-order valence-electron chi connectivity index (χ1n) is 12.4. The number of benzene rings is 4. The first-order valence-corrected chi connectivity index (χ1v) is 13.2. The van der Waals surface area contributed by atoms with Crippen molar-refractivity contribution in [1.82, 2.24) is 5.32 Å². The summed E-state index contributed by atoms with van der Waals surface area (Å²) in [6.07, 6.45) is -10.5. The fourth-order valence-electron chi connectivity index (χ4n) is 4.27. The van der Waals surface area contributed by atoms with Crippen molar-refractivity contribution in [3.63, 3.8) is 0 Å². The standard InChI is InChI=1S/C30H21Cl2F8NO2/c31-23-8-3-9-25(26(23)32)43-22-7-2-5-19(15-22)27(18-4-1-6-21(14-18)28(33,34)30(38,39)40)41-24(16-42)17-10-12-20(13-11-17)29(35,36)37/h1-15,24,27,41-42H,16H2. The molecule has 2 N–H and O–H groups in total. The molecule has 0 aliphatic rings. The molecule has 13 heteroatoms. The summed E-state index contributed by atoms with van der Waals surface area (Å²) in [5.41, 5.74) is -1.80. The molecule has 0 aliphatic carbocycles. The summed E-state index contributed by atoms with van der Waals surface area (Å²) in [5, 5.41) is 13.4. The van der Waals surface area contributed by atoms with Crippen LogP contribution in [0.25, 0.3) is 0 Å². The van der Waals surface area contributed by atoms with E-state index in [0.29, 0.717) is 17.7 Å². The van der Waals surface area contributed by atoms with Crippen LogP contribution in [0.2, 0.25) is 10.0 Å². The van der Waals surface area contributed by atoms with E-state index >= 15 is 0 Å². The van der Waals surface area contributed by atoms with Gasteiger partial charge in [0, 0.05) is 5.56 Å². The predicted molar refractivity (Wildman–Crippen MR) is 146 cm³/mol. The minimum atomic E-state index is -5.87. The van der Waals surface area contributed by atoms with Crippen LogP contribution in [0, 0.1) is 0 Å². The second kappa shape index (κ2) is 12.7. The molecule has 0 bridgehead atoms. The van der Waals surface area contributed by atoms with Crippen LogP contribution in [0.1, 0.15) is 39.9 Å². The Morgan fingerprint density at radius 1 is 0.698 bits per heavy atom. The molecule has 228 valence electrons. The second-order valence-electron chi connectivity index (χ2n) is 9.38. The maximum atomic E-state index is 14.3. The van der Waals surface area contributed by atoms with E-state index < -0.39 is 48.1 Å². The van der Waals surface area contributed by atoms with Crippen LogP contribution in [0.15, 0.2) is 91.0 Å². The molecule has 3 nitrogen and oxygen atoms in total. The van der Waals surface area contributed by atoms with Crippen molar-refractivity contribution >= 4 is 23.2 Å². The number of aliphatic hydroxyl groups excluding tert-OH is 1. The zero-order valence-electron chi connectivity index (χ0n) is 21.7. The molecule has 4 aromatic carbocycles. The zero-order chi connectivity index (χ0) is 31.6. The summed E-state index contributed by atoms with van der Waals surface area (Å²) < 4.78 is 113. The predicted octanol–water partition coefficient (Wildman–Crippen LogP) is 9.87. The highest BCUT2D eigenvalue weighted by Gasteiger charge is 2.58. The molecule has 0 fully saturated rings. The van der Waals surface area contributed by atoms with Crippen LogP contribution >= 0.6 is 23.2 Å². The van der Waals surface area contributed by atoms with Gasteiger partial charge < -0.3 is 9.84 Å². The van der Waals surface area contributed by atoms with Gasteiger partial charge in [-0.25, -0.2) is 0 Å². The Hall–Kier alpha value is -3.38. The van der Waals surface area contributed by atoms with E-state index in [1.807, 2.05) is 0 Å². The molecule has 0 aliphatic heterocycles. The topological polar surface area (TPSA) is 41.5 Å². The summed E-state index contributed by atoms with van der Waals surface area (Å²) in [7, 11) is 0. The minimum absolute atomic E-state index is 0.0512. The minimum Gasteiger partial charge on any atom is -0.456 e. The lowest BCUT2D eigenvalue weighted by atomic mass is 9.93. The molecule has 0 heterocycles. The molecule has 0 saturated carbocycles. The summed E-state index contributed by atoms with van der Waals surface area (Å²) in [5.74, 6) is -4.80. The van der Waals surface area contributed by atoms with Gasteiger partial charge in [0.1, 0.15) is 16.5 Å². The normalized spacial score (nSPS) is 13.9. The number of alkyl halides is 8. The van der Waals surface area contributed by atoms with Gasteiger partial charge in [-0.15, -0.1) is 0 Å². The number of nitrogens with one attached hydrogen (secondary N) is 1. The fourth-order valence-corrected chi connectivity index (χ4v) is 4.60. The van der Waals surface area contributed by atoms with Crippen LogP contribution in [0.4, 0.5) is 35.1 Å². The van der Waals surface area contributed by atoms with E-state index in [9.17, 15) is 40.2 Å². The van der Waals surface area contributed by atoms with Crippen molar-refractivity contribution in [3.05, 3.63) is 129 Å². The number of hydrogen-bond donors (Lipinski definition) is 2. The van der Waals surface area contributed by atoms with Crippen molar-refractivity contribution in [2.45, 2.75) is 30.4 Å². The lowest BCUT2D eigenvalue weighted by Gasteiger charge is -2.28. The van der Waals surface area contributed by atoms with E-state index in [4.69, 9.17) is 27.9 Å². The summed E-state index contributed by atoms with van der Waals surface area (Å²) in [4.78, 5) is 0. The van der Waals surface area contributed by atoms with E-state index in [2.05, 4.69) is 5.32 Å².